The quantitative estimate of drug-likeness (QED) is 0.660. The van der Waals surface area contributed by atoms with Gasteiger partial charge in [0.15, 0.2) is 0 Å². The van der Waals surface area contributed by atoms with Crippen molar-refractivity contribution in [3.63, 3.8) is 0 Å². The Kier molecular flexibility index (Phi) is 4.92. The van der Waals surface area contributed by atoms with Gasteiger partial charge < -0.3 is 10.0 Å². The number of nitrogens with zero attached hydrogens (tertiary/aromatic N) is 2. The van der Waals surface area contributed by atoms with Crippen LogP contribution in [0.2, 0.25) is 0 Å². The second kappa shape index (κ2) is 6.20. The summed E-state index contributed by atoms with van der Waals surface area (Å²) in [5, 5.41) is 12.6. The van der Waals surface area contributed by atoms with E-state index in [-0.39, 0.29) is 0 Å². The summed E-state index contributed by atoms with van der Waals surface area (Å²) in [5.74, 6) is -0.816. The Morgan fingerprint density at radius 3 is 2.29 bits per heavy atom. The van der Waals surface area contributed by atoms with Crippen molar-refractivity contribution in [2.24, 2.45) is 0 Å². The number of sulfonamides is 1. The molecule has 1 saturated carbocycles. The van der Waals surface area contributed by atoms with Crippen molar-refractivity contribution in [3.8, 4) is 0 Å². The molecule has 2 rings (SSSR count). The summed E-state index contributed by atoms with van der Waals surface area (Å²) < 4.78 is 24.4. The van der Waals surface area contributed by atoms with E-state index in [0.717, 1.165) is 12.8 Å². The van der Waals surface area contributed by atoms with Crippen molar-refractivity contribution >= 4 is 16.0 Å². The summed E-state index contributed by atoms with van der Waals surface area (Å²) in [7, 11) is -3.11. The van der Waals surface area contributed by atoms with Crippen molar-refractivity contribution in [3.05, 3.63) is 0 Å². The van der Waals surface area contributed by atoms with Crippen LogP contribution in [0.4, 0.5) is 0 Å². The number of nitrogens with one attached hydrogen (secondary N) is 1. The third-order valence-corrected chi connectivity index (χ3v) is 5.60. The van der Waals surface area contributed by atoms with E-state index >= 15 is 0 Å². The molecule has 1 unspecified atom stereocenters. The minimum absolute atomic E-state index is 0.341. The van der Waals surface area contributed by atoms with Gasteiger partial charge in [-0.3, -0.25) is 10.1 Å². The molecule has 122 valence electrons. The monoisotopic (exact) mass is 319 g/mol. The molecule has 2 aliphatic rings. The van der Waals surface area contributed by atoms with Crippen LogP contribution in [0.5, 0.6) is 0 Å². The summed E-state index contributed by atoms with van der Waals surface area (Å²) >= 11 is 0. The van der Waals surface area contributed by atoms with E-state index in [1.54, 1.807) is 6.92 Å². The van der Waals surface area contributed by atoms with Crippen LogP contribution in [0.3, 0.4) is 0 Å². The van der Waals surface area contributed by atoms with Gasteiger partial charge in [-0.25, -0.2) is 8.42 Å². The Labute approximate surface area is 126 Å². The van der Waals surface area contributed by atoms with Gasteiger partial charge in [-0.15, -0.1) is 0 Å². The molecule has 2 fully saturated rings. The van der Waals surface area contributed by atoms with E-state index in [0.29, 0.717) is 45.2 Å². The van der Waals surface area contributed by atoms with Crippen molar-refractivity contribution in [1.29, 1.82) is 0 Å². The fraction of sp³-hybridized carbons (Fsp3) is 0.923. The Morgan fingerprint density at radius 1 is 1.29 bits per heavy atom. The van der Waals surface area contributed by atoms with Gasteiger partial charge in [0.05, 0.1) is 6.26 Å². The molecule has 0 spiro atoms. The maximum absolute atomic E-state index is 11.5. The lowest BCUT2D eigenvalue weighted by Gasteiger charge is -2.35. The molecular formula is C13H25N3O4S. The lowest BCUT2D eigenvalue weighted by Crippen LogP contribution is -2.54. The first-order chi connectivity index (χ1) is 9.71. The number of hydrogen-bond acceptors (Lipinski definition) is 5. The highest BCUT2D eigenvalue weighted by Gasteiger charge is 2.38. The normalized spacial score (nSPS) is 24.7. The Hall–Kier alpha value is -0.700. The first-order valence-electron chi connectivity index (χ1n) is 7.39. The highest BCUT2D eigenvalue weighted by molar-refractivity contribution is 7.88. The highest BCUT2D eigenvalue weighted by atomic mass is 32.2. The second-order valence-electron chi connectivity index (χ2n) is 6.31. The van der Waals surface area contributed by atoms with Gasteiger partial charge in [0.25, 0.3) is 0 Å². The van der Waals surface area contributed by atoms with Crippen LogP contribution in [0.15, 0.2) is 0 Å². The molecule has 1 saturated heterocycles. The van der Waals surface area contributed by atoms with Crippen LogP contribution in [0.1, 0.15) is 26.2 Å². The van der Waals surface area contributed by atoms with Gasteiger partial charge in [-0.2, -0.15) is 4.31 Å². The maximum Gasteiger partial charge on any atom is 0.323 e. The average Bonchev–Trinajstić information content (AvgIpc) is 3.19. The highest BCUT2D eigenvalue weighted by Crippen LogP contribution is 2.24. The first-order valence-corrected chi connectivity index (χ1v) is 9.24. The van der Waals surface area contributed by atoms with Crippen LogP contribution in [0.25, 0.3) is 0 Å². The predicted molar refractivity (Wildman–Crippen MR) is 79.7 cm³/mol. The molecule has 1 heterocycles. The molecule has 8 heteroatoms. The molecule has 21 heavy (non-hydrogen) atoms. The maximum atomic E-state index is 11.5. The summed E-state index contributed by atoms with van der Waals surface area (Å²) in [6.45, 7) is 4.69. The van der Waals surface area contributed by atoms with Crippen LogP contribution in [-0.4, -0.2) is 79.3 Å². The topological polar surface area (TPSA) is 90.0 Å². The van der Waals surface area contributed by atoms with E-state index in [1.165, 1.54) is 10.6 Å². The summed E-state index contributed by atoms with van der Waals surface area (Å²) in [5.41, 5.74) is -0.894. The molecule has 0 bridgehead atoms. The molecule has 0 aromatic rings. The molecule has 0 aromatic carbocycles. The number of carbonyl (C=O) groups is 1. The van der Waals surface area contributed by atoms with E-state index in [4.69, 9.17) is 0 Å². The molecule has 1 aliphatic heterocycles. The second-order valence-corrected chi connectivity index (χ2v) is 8.29. The summed E-state index contributed by atoms with van der Waals surface area (Å²) in [6.07, 6.45) is 3.85. The van der Waals surface area contributed by atoms with Crippen LogP contribution < -0.4 is 5.32 Å². The van der Waals surface area contributed by atoms with Gasteiger partial charge >= 0.3 is 5.97 Å². The molecule has 7 nitrogen and oxygen atoms in total. The SMILES string of the molecule is CC(CCN1CCN(S(C)(=O)=O)CC1)(NC1CC1)C(=O)O. The first kappa shape index (κ1) is 16.7. The average molecular weight is 319 g/mol. The van der Waals surface area contributed by atoms with Crippen LogP contribution in [-0.2, 0) is 14.8 Å². The van der Waals surface area contributed by atoms with Gasteiger partial charge in [0.2, 0.25) is 10.0 Å². The van der Waals surface area contributed by atoms with Gasteiger partial charge in [0.1, 0.15) is 5.54 Å². The van der Waals surface area contributed by atoms with E-state index < -0.39 is 21.5 Å². The fourth-order valence-electron chi connectivity index (χ4n) is 2.59. The predicted octanol–water partition coefficient (Wildman–Crippen LogP) is -0.451. The Balaban J connectivity index is 1.81. The van der Waals surface area contributed by atoms with E-state index in [1.807, 2.05) is 0 Å². The fourth-order valence-corrected chi connectivity index (χ4v) is 3.41. The number of carboxylic acids is 1. The van der Waals surface area contributed by atoms with Crippen molar-refractivity contribution in [2.75, 3.05) is 39.0 Å². The summed E-state index contributed by atoms with van der Waals surface area (Å²) in [6, 6.07) is 0.341. The standard InChI is InChI=1S/C13H25N3O4S/c1-13(12(17)18,14-11-3-4-11)5-6-15-7-9-16(10-8-15)21(2,19)20/h11,14H,3-10H2,1-2H3,(H,17,18). The number of rotatable bonds is 7. The van der Waals surface area contributed by atoms with E-state index in [2.05, 4.69) is 10.2 Å². The largest absolute Gasteiger partial charge is 0.480 e. The lowest BCUT2D eigenvalue weighted by molar-refractivity contribution is -0.144. The lowest BCUT2D eigenvalue weighted by atomic mass is 9.97. The Bertz CT molecular complexity index is 484. The van der Waals surface area contributed by atoms with Gasteiger partial charge in [-0.1, -0.05) is 0 Å². The number of aliphatic carboxylic acids is 1. The zero-order valence-corrected chi connectivity index (χ0v) is 13.5. The van der Waals surface area contributed by atoms with Gasteiger partial charge in [-0.05, 0) is 26.2 Å². The minimum Gasteiger partial charge on any atom is -0.480 e. The molecule has 2 N–H and O–H groups in total. The molecular weight excluding hydrogens is 294 g/mol. The number of carboxylic acid groups (broad SMARTS) is 1. The molecule has 0 aromatic heterocycles. The molecule has 1 atom stereocenters. The van der Waals surface area contributed by atoms with Crippen molar-refractivity contribution in [2.45, 2.75) is 37.8 Å². The third-order valence-electron chi connectivity index (χ3n) is 4.30. The molecule has 1 aliphatic carbocycles. The number of hydrogen-bond donors (Lipinski definition) is 2. The van der Waals surface area contributed by atoms with E-state index in [9.17, 15) is 18.3 Å². The third kappa shape index (κ3) is 4.64. The Morgan fingerprint density at radius 2 is 1.86 bits per heavy atom. The minimum atomic E-state index is -3.11. The zero-order valence-electron chi connectivity index (χ0n) is 12.7. The molecule has 0 amide bonds. The van der Waals surface area contributed by atoms with Crippen LogP contribution >= 0.6 is 0 Å². The summed E-state index contributed by atoms with van der Waals surface area (Å²) in [4.78, 5) is 13.6. The molecule has 0 radical (unpaired) electrons. The van der Waals surface area contributed by atoms with Crippen LogP contribution in [0, 0.1) is 0 Å². The smallest absolute Gasteiger partial charge is 0.323 e. The van der Waals surface area contributed by atoms with Crippen molar-refractivity contribution in [1.82, 2.24) is 14.5 Å². The zero-order chi connectivity index (χ0) is 15.7. The van der Waals surface area contributed by atoms with Gasteiger partial charge in [0, 0.05) is 38.8 Å². The van der Waals surface area contributed by atoms with Crippen molar-refractivity contribution < 1.29 is 18.3 Å². The number of piperazine rings is 1.